The van der Waals surface area contributed by atoms with Crippen LogP contribution < -0.4 is 10.5 Å². The molecule has 1 fully saturated rings. The highest BCUT2D eigenvalue weighted by molar-refractivity contribution is 5.78. The third-order valence-electron chi connectivity index (χ3n) is 3.29. The average molecular weight is 278 g/mol. The van der Waals surface area contributed by atoms with Crippen LogP contribution in [0.1, 0.15) is 19.4 Å². The van der Waals surface area contributed by atoms with Crippen molar-refractivity contribution in [3.05, 3.63) is 29.8 Å². The van der Waals surface area contributed by atoms with E-state index in [0.717, 1.165) is 5.56 Å². The minimum atomic E-state index is -0.00472. The number of benzene rings is 1. The van der Waals surface area contributed by atoms with Crippen LogP contribution in [0.25, 0.3) is 0 Å². The van der Waals surface area contributed by atoms with Crippen LogP contribution in [0.4, 0.5) is 0 Å². The number of ether oxygens (including phenoxy) is 2. The molecule has 1 heterocycles. The summed E-state index contributed by atoms with van der Waals surface area (Å²) in [4.78, 5) is 13.9. The van der Waals surface area contributed by atoms with E-state index < -0.39 is 0 Å². The molecule has 2 atom stereocenters. The van der Waals surface area contributed by atoms with E-state index in [0.29, 0.717) is 25.4 Å². The van der Waals surface area contributed by atoms with Gasteiger partial charge in [0.2, 0.25) is 0 Å². The monoisotopic (exact) mass is 278 g/mol. The summed E-state index contributed by atoms with van der Waals surface area (Å²) >= 11 is 0. The van der Waals surface area contributed by atoms with Gasteiger partial charge in [-0.05, 0) is 31.5 Å². The summed E-state index contributed by atoms with van der Waals surface area (Å²) < 4.78 is 11.1. The summed E-state index contributed by atoms with van der Waals surface area (Å²) in [6.45, 7) is 5.76. The van der Waals surface area contributed by atoms with Crippen molar-refractivity contribution in [1.29, 1.82) is 0 Å². The van der Waals surface area contributed by atoms with E-state index in [1.54, 1.807) is 4.90 Å². The van der Waals surface area contributed by atoms with Crippen molar-refractivity contribution in [3.8, 4) is 5.75 Å². The standard InChI is InChI=1S/C15H22N2O3/c1-11-8-17(9-12(2)20-11)15(18)10-19-14-5-3-13(7-16)4-6-14/h3-6,11-12H,7-10,16H2,1-2H3. The van der Waals surface area contributed by atoms with Gasteiger partial charge >= 0.3 is 0 Å². The Bertz CT molecular complexity index is 437. The second-order valence-corrected chi connectivity index (χ2v) is 5.19. The lowest BCUT2D eigenvalue weighted by molar-refractivity contribution is -0.145. The first-order valence-electron chi connectivity index (χ1n) is 6.93. The second-order valence-electron chi connectivity index (χ2n) is 5.19. The van der Waals surface area contributed by atoms with Crippen molar-refractivity contribution in [3.63, 3.8) is 0 Å². The van der Waals surface area contributed by atoms with E-state index in [1.807, 2.05) is 38.1 Å². The quantitative estimate of drug-likeness (QED) is 0.897. The summed E-state index contributed by atoms with van der Waals surface area (Å²) in [5.74, 6) is 0.680. The lowest BCUT2D eigenvalue weighted by Crippen LogP contribution is -2.49. The van der Waals surface area contributed by atoms with E-state index in [9.17, 15) is 4.79 Å². The van der Waals surface area contributed by atoms with Crippen LogP contribution in [0, 0.1) is 0 Å². The molecule has 1 aromatic carbocycles. The Kier molecular flexibility index (Phi) is 4.98. The van der Waals surface area contributed by atoms with E-state index in [4.69, 9.17) is 15.2 Å². The Hall–Kier alpha value is -1.59. The Balaban J connectivity index is 1.84. The molecule has 2 unspecified atom stereocenters. The molecule has 1 aliphatic rings. The van der Waals surface area contributed by atoms with E-state index in [-0.39, 0.29) is 24.7 Å². The predicted molar refractivity (Wildman–Crippen MR) is 76.4 cm³/mol. The van der Waals surface area contributed by atoms with Crippen LogP contribution in [0.5, 0.6) is 5.75 Å². The van der Waals surface area contributed by atoms with Gasteiger partial charge in [0.1, 0.15) is 5.75 Å². The molecule has 0 aliphatic carbocycles. The molecule has 0 aromatic heterocycles. The van der Waals surface area contributed by atoms with Gasteiger partial charge < -0.3 is 20.1 Å². The molecular formula is C15H22N2O3. The highest BCUT2D eigenvalue weighted by Crippen LogP contribution is 2.14. The van der Waals surface area contributed by atoms with Gasteiger partial charge in [-0.2, -0.15) is 0 Å². The number of nitrogens with zero attached hydrogens (tertiary/aromatic N) is 1. The summed E-state index contributed by atoms with van der Waals surface area (Å²) in [6.07, 6.45) is 0.151. The second kappa shape index (κ2) is 6.72. The van der Waals surface area contributed by atoms with E-state index >= 15 is 0 Å². The Labute approximate surface area is 119 Å². The molecule has 1 amide bonds. The van der Waals surface area contributed by atoms with E-state index in [1.165, 1.54) is 0 Å². The van der Waals surface area contributed by atoms with Crippen molar-refractivity contribution in [1.82, 2.24) is 4.90 Å². The molecule has 1 aliphatic heterocycles. The third kappa shape index (κ3) is 3.95. The van der Waals surface area contributed by atoms with Crippen molar-refractivity contribution in [2.24, 2.45) is 5.73 Å². The molecule has 2 rings (SSSR count). The lowest BCUT2D eigenvalue weighted by Gasteiger charge is -2.35. The lowest BCUT2D eigenvalue weighted by atomic mass is 10.2. The number of amides is 1. The summed E-state index contributed by atoms with van der Waals surface area (Å²) in [5.41, 5.74) is 6.57. The molecule has 5 nitrogen and oxygen atoms in total. The van der Waals surface area contributed by atoms with Crippen LogP contribution >= 0.6 is 0 Å². The van der Waals surface area contributed by atoms with E-state index in [2.05, 4.69) is 0 Å². The summed E-state index contributed by atoms with van der Waals surface area (Å²) in [5, 5.41) is 0. The van der Waals surface area contributed by atoms with Gasteiger partial charge in [-0.15, -0.1) is 0 Å². The van der Waals surface area contributed by atoms with Gasteiger partial charge in [0, 0.05) is 19.6 Å². The molecule has 1 aromatic rings. The first-order chi connectivity index (χ1) is 9.58. The van der Waals surface area contributed by atoms with Crippen molar-refractivity contribution in [2.75, 3.05) is 19.7 Å². The molecule has 20 heavy (non-hydrogen) atoms. The summed E-state index contributed by atoms with van der Waals surface area (Å²) in [6, 6.07) is 7.47. The maximum Gasteiger partial charge on any atom is 0.260 e. The molecule has 0 saturated carbocycles. The smallest absolute Gasteiger partial charge is 0.260 e. The highest BCUT2D eigenvalue weighted by Gasteiger charge is 2.25. The maximum atomic E-state index is 12.1. The zero-order valence-corrected chi connectivity index (χ0v) is 12.0. The molecular weight excluding hydrogens is 256 g/mol. The normalized spacial score (nSPS) is 22.6. The first kappa shape index (κ1) is 14.8. The zero-order chi connectivity index (χ0) is 14.5. The molecule has 1 saturated heterocycles. The average Bonchev–Trinajstić information content (AvgIpc) is 2.44. The largest absolute Gasteiger partial charge is 0.484 e. The minimum Gasteiger partial charge on any atom is -0.484 e. The number of morpholine rings is 1. The molecule has 0 bridgehead atoms. The van der Waals surface area contributed by atoms with Crippen LogP contribution in [-0.2, 0) is 16.1 Å². The third-order valence-corrected chi connectivity index (χ3v) is 3.29. The summed E-state index contributed by atoms with van der Waals surface area (Å²) in [7, 11) is 0. The van der Waals surface area contributed by atoms with Crippen molar-refractivity contribution >= 4 is 5.91 Å². The highest BCUT2D eigenvalue weighted by atomic mass is 16.5. The number of hydrogen-bond acceptors (Lipinski definition) is 4. The number of nitrogens with two attached hydrogens (primary N) is 1. The fraction of sp³-hybridized carbons (Fsp3) is 0.533. The van der Waals surface area contributed by atoms with Crippen LogP contribution in [0.3, 0.4) is 0 Å². The molecule has 110 valence electrons. The van der Waals surface area contributed by atoms with Gasteiger partial charge in [0.15, 0.2) is 6.61 Å². The van der Waals surface area contributed by atoms with Crippen LogP contribution in [0.15, 0.2) is 24.3 Å². The molecule has 5 heteroatoms. The fourth-order valence-corrected chi connectivity index (χ4v) is 2.34. The van der Waals surface area contributed by atoms with Gasteiger partial charge in [0.05, 0.1) is 12.2 Å². The van der Waals surface area contributed by atoms with Crippen molar-refractivity contribution < 1.29 is 14.3 Å². The van der Waals surface area contributed by atoms with Crippen LogP contribution in [0.2, 0.25) is 0 Å². The van der Waals surface area contributed by atoms with Gasteiger partial charge in [-0.3, -0.25) is 4.79 Å². The number of rotatable bonds is 4. The SMILES string of the molecule is CC1CN(C(=O)COc2ccc(CN)cc2)CC(C)O1. The number of carbonyl (C=O) groups excluding carboxylic acids is 1. The Morgan fingerprint density at radius 1 is 1.30 bits per heavy atom. The fourth-order valence-electron chi connectivity index (χ4n) is 2.34. The molecule has 2 N–H and O–H groups in total. The van der Waals surface area contributed by atoms with Crippen molar-refractivity contribution in [2.45, 2.75) is 32.6 Å². The Morgan fingerprint density at radius 3 is 2.45 bits per heavy atom. The first-order valence-corrected chi connectivity index (χ1v) is 6.93. The maximum absolute atomic E-state index is 12.1. The number of carbonyl (C=O) groups is 1. The van der Waals surface area contributed by atoms with Gasteiger partial charge in [-0.1, -0.05) is 12.1 Å². The number of hydrogen-bond donors (Lipinski definition) is 1. The van der Waals surface area contributed by atoms with Crippen LogP contribution in [-0.4, -0.2) is 42.7 Å². The molecule has 0 spiro atoms. The van der Waals surface area contributed by atoms with Gasteiger partial charge in [0.25, 0.3) is 5.91 Å². The van der Waals surface area contributed by atoms with Gasteiger partial charge in [-0.25, -0.2) is 0 Å². The Morgan fingerprint density at radius 2 is 1.90 bits per heavy atom. The molecule has 0 radical (unpaired) electrons. The topological polar surface area (TPSA) is 64.8 Å². The minimum absolute atomic E-state index is 0.00472. The predicted octanol–water partition coefficient (Wildman–Crippen LogP) is 1.16. The zero-order valence-electron chi connectivity index (χ0n) is 12.0.